The molecule has 5 heteroatoms. The normalized spacial score (nSPS) is 19.4. The molecule has 1 fully saturated rings. The molecule has 0 saturated carbocycles. The molecule has 0 bridgehead atoms. The van der Waals surface area contributed by atoms with Crippen LogP contribution in [0, 0.1) is 5.41 Å². The quantitative estimate of drug-likeness (QED) is 0.888. The van der Waals surface area contributed by atoms with Gasteiger partial charge in [-0.25, -0.2) is 0 Å². The highest BCUT2D eigenvalue weighted by atomic mass is 32.1. The monoisotopic (exact) mass is 263 g/mol. The molecule has 94 valence electrons. The Morgan fingerprint density at radius 3 is 2.78 bits per heavy atom. The van der Waals surface area contributed by atoms with Crippen molar-refractivity contribution in [2.24, 2.45) is 11.1 Å². The second kappa shape index (κ2) is 4.05. The molecule has 1 aromatic heterocycles. The van der Waals surface area contributed by atoms with E-state index >= 15 is 0 Å². The van der Waals surface area contributed by atoms with Crippen molar-refractivity contribution in [3.8, 4) is 0 Å². The Morgan fingerprint density at radius 2 is 2.17 bits per heavy atom. The van der Waals surface area contributed by atoms with Gasteiger partial charge in [-0.1, -0.05) is 18.2 Å². The second-order valence-electron chi connectivity index (χ2n) is 4.62. The van der Waals surface area contributed by atoms with E-state index in [1.165, 1.54) is 0 Å². The zero-order chi connectivity index (χ0) is 12.8. The number of aliphatic carboxylic acids is 1. The first-order chi connectivity index (χ1) is 8.65. The van der Waals surface area contributed by atoms with Crippen LogP contribution in [-0.2, 0) is 9.53 Å². The predicted octanol–water partition coefficient (Wildman–Crippen LogP) is 2.00. The third-order valence-corrected chi connectivity index (χ3v) is 4.57. The fourth-order valence-electron chi connectivity index (χ4n) is 2.29. The molecule has 1 aliphatic heterocycles. The highest BCUT2D eigenvalue weighted by molar-refractivity contribution is 7.17. The number of thiophene rings is 1. The molecule has 2 aromatic rings. The van der Waals surface area contributed by atoms with Crippen LogP contribution in [-0.4, -0.2) is 24.3 Å². The first-order valence-corrected chi connectivity index (χ1v) is 6.56. The number of nitrogens with two attached hydrogens (primary N) is 1. The SMILES string of the molecule is NC(c1csc2ccccc12)C1(C(=O)O)COC1. The lowest BCUT2D eigenvalue weighted by atomic mass is 9.75. The lowest BCUT2D eigenvalue weighted by molar-refractivity contribution is -0.184. The van der Waals surface area contributed by atoms with E-state index in [0.29, 0.717) is 0 Å². The number of carboxylic acids is 1. The number of carbonyl (C=O) groups is 1. The van der Waals surface area contributed by atoms with Gasteiger partial charge in [-0.05, 0) is 22.4 Å². The largest absolute Gasteiger partial charge is 0.481 e. The van der Waals surface area contributed by atoms with Gasteiger partial charge in [0, 0.05) is 4.70 Å². The number of fused-ring (bicyclic) bond motifs is 1. The summed E-state index contributed by atoms with van der Waals surface area (Å²) in [5.74, 6) is -0.878. The molecule has 0 aliphatic carbocycles. The summed E-state index contributed by atoms with van der Waals surface area (Å²) < 4.78 is 6.20. The maximum Gasteiger partial charge on any atom is 0.316 e. The summed E-state index contributed by atoms with van der Waals surface area (Å²) in [7, 11) is 0. The summed E-state index contributed by atoms with van der Waals surface area (Å²) >= 11 is 1.59. The van der Waals surface area contributed by atoms with Gasteiger partial charge < -0.3 is 15.6 Å². The van der Waals surface area contributed by atoms with Crippen molar-refractivity contribution in [2.75, 3.05) is 13.2 Å². The molecule has 0 amide bonds. The zero-order valence-electron chi connectivity index (χ0n) is 9.63. The molecule has 18 heavy (non-hydrogen) atoms. The summed E-state index contributed by atoms with van der Waals surface area (Å²) in [6, 6.07) is 7.38. The van der Waals surface area contributed by atoms with Crippen molar-refractivity contribution < 1.29 is 14.6 Å². The average Bonchev–Trinajstić information content (AvgIpc) is 2.70. The van der Waals surface area contributed by atoms with Crippen LogP contribution in [0.3, 0.4) is 0 Å². The van der Waals surface area contributed by atoms with E-state index in [0.717, 1.165) is 15.6 Å². The summed E-state index contributed by atoms with van der Waals surface area (Å²) in [6.07, 6.45) is 0. The van der Waals surface area contributed by atoms with Gasteiger partial charge in [0.15, 0.2) is 0 Å². The number of ether oxygens (including phenoxy) is 1. The van der Waals surface area contributed by atoms with E-state index in [9.17, 15) is 9.90 Å². The van der Waals surface area contributed by atoms with Gasteiger partial charge in [-0.3, -0.25) is 4.79 Å². The third kappa shape index (κ3) is 1.48. The first-order valence-electron chi connectivity index (χ1n) is 5.68. The topological polar surface area (TPSA) is 72.6 Å². The van der Waals surface area contributed by atoms with E-state index in [4.69, 9.17) is 10.5 Å². The van der Waals surface area contributed by atoms with Gasteiger partial charge in [0.1, 0.15) is 5.41 Å². The maximum atomic E-state index is 11.4. The van der Waals surface area contributed by atoms with Gasteiger partial charge >= 0.3 is 5.97 Å². The Kier molecular flexibility index (Phi) is 2.62. The molecule has 1 aromatic carbocycles. The van der Waals surface area contributed by atoms with Crippen LogP contribution in [0.1, 0.15) is 11.6 Å². The highest BCUT2D eigenvalue weighted by Crippen LogP contribution is 2.42. The molecular formula is C13H13NO3S. The molecule has 3 rings (SSSR count). The van der Waals surface area contributed by atoms with Gasteiger partial charge in [0.05, 0.1) is 19.3 Å². The van der Waals surface area contributed by atoms with Crippen LogP contribution in [0.25, 0.3) is 10.1 Å². The molecule has 1 aliphatic rings. The minimum atomic E-state index is -0.968. The fraction of sp³-hybridized carbons (Fsp3) is 0.308. The summed E-state index contributed by atoms with van der Waals surface area (Å²) in [5, 5.41) is 12.4. The molecular weight excluding hydrogens is 250 g/mol. The molecule has 3 N–H and O–H groups in total. The first kappa shape index (κ1) is 11.6. The maximum absolute atomic E-state index is 11.4. The zero-order valence-corrected chi connectivity index (χ0v) is 10.4. The smallest absolute Gasteiger partial charge is 0.316 e. The van der Waals surface area contributed by atoms with Crippen molar-refractivity contribution in [2.45, 2.75) is 6.04 Å². The minimum absolute atomic E-state index is 0.188. The average molecular weight is 263 g/mol. The molecule has 4 nitrogen and oxygen atoms in total. The summed E-state index contributed by atoms with van der Waals surface area (Å²) in [4.78, 5) is 11.4. The Labute approximate surface area is 108 Å². The number of hydrogen-bond acceptors (Lipinski definition) is 4. The van der Waals surface area contributed by atoms with Crippen molar-refractivity contribution >= 4 is 27.4 Å². The Morgan fingerprint density at radius 1 is 1.44 bits per heavy atom. The molecule has 0 spiro atoms. The van der Waals surface area contributed by atoms with E-state index < -0.39 is 17.4 Å². The van der Waals surface area contributed by atoms with Gasteiger partial charge in [-0.2, -0.15) is 0 Å². The van der Waals surface area contributed by atoms with Crippen molar-refractivity contribution in [3.63, 3.8) is 0 Å². The number of carboxylic acid groups (broad SMARTS) is 1. The van der Waals surface area contributed by atoms with E-state index in [2.05, 4.69) is 0 Å². The second-order valence-corrected chi connectivity index (χ2v) is 5.53. The lowest BCUT2D eigenvalue weighted by Crippen LogP contribution is -2.55. The highest BCUT2D eigenvalue weighted by Gasteiger charge is 2.52. The number of hydrogen-bond donors (Lipinski definition) is 2. The standard InChI is InChI=1S/C13H13NO3S/c14-11(13(12(15)16)6-17-7-13)9-5-18-10-4-2-1-3-8(9)10/h1-5,11H,6-7,14H2,(H,15,16). The fourth-order valence-corrected chi connectivity index (χ4v) is 3.29. The summed E-state index contributed by atoms with van der Waals surface area (Å²) in [6.45, 7) is 0.376. The Hall–Kier alpha value is -1.43. The van der Waals surface area contributed by atoms with Crippen LogP contribution in [0.5, 0.6) is 0 Å². The van der Waals surface area contributed by atoms with Crippen LogP contribution < -0.4 is 5.73 Å². The molecule has 1 saturated heterocycles. The van der Waals surface area contributed by atoms with Gasteiger partial charge in [0.25, 0.3) is 0 Å². The Balaban J connectivity index is 2.06. The van der Waals surface area contributed by atoms with Gasteiger partial charge in [0.2, 0.25) is 0 Å². The third-order valence-electron chi connectivity index (χ3n) is 3.59. The van der Waals surface area contributed by atoms with Crippen LogP contribution >= 0.6 is 11.3 Å². The Bertz CT molecular complexity index is 603. The molecule has 1 unspecified atom stereocenters. The molecule has 2 heterocycles. The van der Waals surface area contributed by atoms with Crippen LogP contribution in [0.15, 0.2) is 29.6 Å². The van der Waals surface area contributed by atoms with Crippen LogP contribution in [0.2, 0.25) is 0 Å². The van der Waals surface area contributed by atoms with Gasteiger partial charge in [-0.15, -0.1) is 11.3 Å². The number of benzene rings is 1. The molecule has 1 atom stereocenters. The lowest BCUT2D eigenvalue weighted by Gasteiger charge is -2.41. The predicted molar refractivity (Wildman–Crippen MR) is 69.6 cm³/mol. The number of rotatable bonds is 3. The molecule has 0 radical (unpaired) electrons. The van der Waals surface area contributed by atoms with E-state index in [1.54, 1.807) is 11.3 Å². The van der Waals surface area contributed by atoms with E-state index in [1.807, 2.05) is 29.6 Å². The van der Waals surface area contributed by atoms with E-state index in [-0.39, 0.29) is 13.2 Å². The van der Waals surface area contributed by atoms with Crippen molar-refractivity contribution in [1.82, 2.24) is 0 Å². The van der Waals surface area contributed by atoms with Crippen LogP contribution in [0.4, 0.5) is 0 Å². The summed E-state index contributed by atoms with van der Waals surface area (Å²) in [5.41, 5.74) is 6.13. The van der Waals surface area contributed by atoms with Crippen molar-refractivity contribution in [3.05, 3.63) is 35.2 Å². The minimum Gasteiger partial charge on any atom is -0.481 e. The van der Waals surface area contributed by atoms with Crippen molar-refractivity contribution in [1.29, 1.82) is 0 Å².